The molecule has 1 heterocycles. The maximum atomic E-state index is 12.3. The Balaban J connectivity index is 2.21. The molecule has 6 heteroatoms. The van der Waals surface area contributed by atoms with Gasteiger partial charge in [-0.3, -0.25) is 0 Å². The van der Waals surface area contributed by atoms with Crippen molar-refractivity contribution in [2.75, 3.05) is 18.1 Å². The van der Waals surface area contributed by atoms with Crippen LogP contribution in [-0.2, 0) is 10.0 Å². The van der Waals surface area contributed by atoms with E-state index in [0.29, 0.717) is 0 Å². The Hall–Kier alpha value is -1.00. The van der Waals surface area contributed by atoms with Crippen molar-refractivity contribution in [3.63, 3.8) is 0 Å². The fourth-order valence-corrected chi connectivity index (χ4v) is 4.61. The van der Waals surface area contributed by atoms with Crippen LogP contribution in [0.3, 0.4) is 0 Å². The van der Waals surface area contributed by atoms with E-state index >= 15 is 0 Å². The molecule has 1 unspecified atom stereocenters. The molecule has 0 saturated carbocycles. The lowest BCUT2D eigenvalue weighted by Crippen LogP contribution is -2.34. The number of hydrogen-bond donors (Lipinski definition) is 2. The molecular formula is C14H17NO3S2. The predicted molar refractivity (Wildman–Crippen MR) is 81.2 cm³/mol. The standard InChI is InChI=1S/C14H17NO3S2/c1-11-9-14(5-4-12(11)3-2-7-16)20(17,18)15-13-6-8-19-10-13/h4-5,9,13,15-16H,6-8,10H2,1H3. The molecular weight excluding hydrogens is 294 g/mol. The molecule has 0 spiro atoms. The molecule has 0 aromatic heterocycles. The van der Waals surface area contributed by atoms with E-state index in [2.05, 4.69) is 16.6 Å². The van der Waals surface area contributed by atoms with Gasteiger partial charge in [-0.1, -0.05) is 11.8 Å². The molecule has 1 atom stereocenters. The van der Waals surface area contributed by atoms with Crippen LogP contribution in [0.2, 0.25) is 0 Å². The lowest BCUT2D eigenvalue weighted by atomic mass is 10.1. The van der Waals surface area contributed by atoms with E-state index in [1.807, 2.05) is 6.92 Å². The lowest BCUT2D eigenvalue weighted by Gasteiger charge is -2.12. The van der Waals surface area contributed by atoms with Gasteiger partial charge in [0, 0.05) is 17.4 Å². The molecule has 0 bridgehead atoms. The number of rotatable bonds is 3. The molecule has 1 aliphatic heterocycles. The van der Waals surface area contributed by atoms with Crippen LogP contribution < -0.4 is 4.72 Å². The quantitative estimate of drug-likeness (QED) is 0.821. The third kappa shape index (κ3) is 3.76. The molecule has 2 rings (SSSR count). The van der Waals surface area contributed by atoms with Gasteiger partial charge in [-0.05, 0) is 42.9 Å². The summed E-state index contributed by atoms with van der Waals surface area (Å²) in [6, 6.07) is 4.87. The summed E-state index contributed by atoms with van der Waals surface area (Å²) in [4.78, 5) is 0.265. The van der Waals surface area contributed by atoms with Gasteiger partial charge >= 0.3 is 0 Å². The summed E-state index contributed by atoms with van der Waals surface area (Å²) in [5.74, 6) is 7.19. The Kier molecular flexibility index (Phi) is 5.11. The van der Waals surface area contributed by atoms with E-state index in [0.717, 1.165) is 29.1 Å². The topological polar surface area (TPSA) is 66.4 Å². The van der Waals surface area contributed by atoms with Gasteiger partial charge in [0.15, 0.2) is 0 Å². The molecule has 0 aliphatic carbocycles. The Morgan fingerprint density at radius 3 is 2.90 bits per heavy atom. The van der Waals surface area contributed by atoms with Crippen molar-refractivity contribution in [3.8, 4) is 11.8 Å². The van der Waals surface area contributed by atoms with Crippen molar-refractivity contribution in [2.24, 2.45) is 0 Å². The highest BCUT2D eigenvalue weighted by Crippen LogP contribution is 2.20. The summed E-state index contributed by atoms with van der Waals surface area (Å²) < 4.78 is 27.3. The first-order valence-corrected chi connectivity index (χ1v) is 8.97. The van der Waals surface area contributed by atoms with Gasteiger partial charge in [0.1, 0.15) is 6.61 Å². The first kappa shape index (κ1) is 15.4. The van der Waals surface area contributed by atoms with Crippen molar-refractivity contribution in [1.29, 1.82) is 0 Å². The molecule has 1 fully saturated rings. The van der Waals surface area contributed by atoms with Crippen LogP contribution in [0.5, 0.6) is 0 Å². The van der Waals surface area contributed by atoms with Crippen LogP contribution in [0, 0.1) is 18.8 Å². The molecule has 1 aromatic rings. The van der Waals surface area contributed by atoms with Gasteiger partial charge in [0.25, 0.3) is 0 Å². The predicted octanol–water partition coefficient (Wildman–Crippen LogP) is 1.12. The maximum absolute atomic E-state index is 12.3. The fraction of sp³-hybridized carbons (Fsp3) is 0.429. The van der Waals surface area contributed by atoms with Gasteiger partial charge in [0.2, 0.25) is 10.0 Å². The van der Waals surface area contributed by atoms with E-state index in [9.17, 15) is 8.42 Å². The van der Waals surface area contributed by atoms with Crippen molar-refractivity contribution < 1.29 is 13.5 Å². The third-order valence-electron chi connectivity index (χ3n) is 3.06. The Bertz CT molecular complexity index is 638. The first-order valence-electron chi connectivity index (χ1n) is 6.33. The minimum atomic E-state index is -3.46. The Labute approximate surface area is 124 Å². The van der Waals surface area contributed by atoms with E-state index in [1.54, 1.807) is 30.0 Å². The number of aliphatic hydroxyl groups excluding tert-OH is 1. The summed E-state index contributed by atoms with van der Waals surface area (Å²) in [7, 11) is -3.46. The Morgan fingerprint density at radius 1 is 1.50 bits per heavy atom. The number of nitrogens with one attached hydrogen (secondary N) is 1. The molecule has 108 valence electrons. The largest absolute Gasteiger partial charge is 0.384 e. The van der Waals surface area contributed by atoms with Crippen LogP contribution in [-0.4, -0.2) is 37.7 Å². The second-order valence-electron chi connectivity index (χ2n) is 4.62. The fourth-order valence-electron chi connectivity index (χ4n) is 1.99. The third-order valence-corrected chi connectivity index (χ3v) is 5.74. The van der Waals surface area contributed by atoms with Crippen LogP contribution in [0.25, 0.3) is 0 Å². The zero-order valence-corrected chi connectivity index (χ0v) is 12.9. The highest BCUT2D eigenvalue weighted by molar-refractivity contribution is 7.99. The number of aliphatic hydroxyl groups is 1. The van der Waals surface area contributed by atoms with Crippen molar-refractivity contribution in [3.05, 3.63) is 29.3 Å². The van der Waals surface area contributed by atoms with E-state index < -0.39 is 10.0 Å². The smallest absolute Gasteiger partial charge is 0.240 e. The summed E-state index contributed by atoms with van der Waals surface area (Å²) in [6.07, 6.45) is 0.878. The van der Waals surface area contributed by atoms with Gasteiger partial charge < -0.3 is 5.11 Å². The van der Waals surface area contributed by atoms with E-state index in [-0.39, 0.29) is 17.5 Å². The average molecular weight is 311 g/mol. The van der Waals surface area contributed by atoms with Crippen molar-refractivity contribution in [1.82, 2.24) is 4.72 Å². The highest BCUT2D eigenvalue weighted by Gasteiger charge is 2.23. The lowest BCUT2D eigenvalue weighted by molar-refractivity contribution is 0.350. The first-order chi connectivity index (χ1) is 9.53. The summed E-state index contributed by atoms with van der Waals surface area (Å²) in [6.45, 7) is 1.60. The number of thioether (sulfide) groups is 1. The molecule has 2 N–H and O–H groups in total. The molecule has 0 amide bonds. The van der Waals surface area contributed by atoms with E-state index in [1.165, 1.54) is 0 Å². The molecule has 1 aromatic carbocycles. The number of aryl methyl sites for hydroxylation is 1. The number of sulfonamides is 1. The summed E-state index contributed by atoms with van der Waals surface area (Å²) in [5.41, 5.74) is 1.52. The molecule has 20 heavy (non-hydrogen) atoms. The van der Waals surface area contributed by atoms with Crippen LogP contribution >= 0.6 is 11.8 Å². The number of hydrogen-bond acceptors (Lipinski definition) is 4. The molecule has 0 radical (unpaired) electrons. The normalized spacial score (nSPS) is 18.6. The highest BCUT2D eigenvalue weighted by atomic mass is 32.2. The van der Waals surface area contributed by atoms with Gasteiger partial charge in [-0.15, -0.1) is 0 Å². The zero-order chi connectivity index (χ0) is 14.6. The minimum absolute atomic E-state index is 0.0270. The number of benzene rings is 1. The van der Waals surface area contributed by atoms with Gasteiger partial charge in [-0.2, -0.15) is 11.8 Å². The van der Waals surface area contributed by atoms with Crippen molar-refractivity contribution in [2.45, 2.75) is 24.3 Å². The minimum Gasteiger partial charge on any atom is -0.384 e. The van der Waals surface area contributed by atoms with Gasteiger partial charge in [0.05, 0.1) is 4.90 Å². The maximum Gasteiger partial charge on any atom is 0.240 e. The van der Waals surface area contributed by atoms with Crippen molar-refractivity contribution >= 4 is 21.8 Å². The molecule has 1 saturated heterocycles. The second kappa shape index (κ2) is 6.64. The van der Waals surface area contributed by atoms with Gasteiger partial charge in [-0.25, -0.2) is 13.1 Å². The van der Waals surface area contributed by atoms with Crippen LogP contribution in [0.1, 0.15) is 17.5 Å². The second-order valence-corrected chi connectivity index (χ2v) is 7.48. The summed E-state index contributed by atoms with van der Waals surface area (Å²) in [5, 5.41) is 8.68. The molecule has 1 aliphatic rings. The monoisotopic (exact) mass is 311 g/mol. The summed E-state index contributed by atoms with van der Waals surface area (Å²) >= 11 is 1.76. The van der Waals surface area contributed by atoms with Crippen LogP contribution in [0.4, 0.5) is 0 Å². The average Bonchev–Trinajstić information content (AvgIpc) is 2.89. The zero-order valence-electron chi connectivity index (χ0n) is 11.2. The van der Waals surface area contributed by atoms with E-state index in [4.69, 9.17) is 5.11 Å². The Morgan fingerprint density at radius 2 is 2.30 bits per heavy atom. The SMILES string of the molecule is Cc1cc(S(=O)(=O)NC2CCSC2)ccc1C#CCO. The van der Waals surface area contributed by atoms with Crippen LogP contribution in [0.15, 0.2) is 23.1 Å². The molecule has 4 nitrogen and oxygen atoms in total.